The number of carbonyl (C=O) groups is 2. The van der Waals surface area contributed by atoms with Gasteiger partial charge in [0.15, 0.2) is 6.29 Å². The van der Waals surface area contributed by atoms with Crippen molar-refractivity contribution in [3.63, 3.8) is 0 Å². The fourth-order valence-corrected chi connectivity index (χ4v) is 1.78. The Balaban J connectivity index is 2.42. The third-order valence-electron chi connectivity index (χ3n) is 2.51. The number of carbonyl (C=O) groups excluding carboxylic acids is 2. The molecule has 0 N–H and O–H groups in total. The largest absolute Gasteiger partial charge is 0.298 e. The third kappa shape index (κ3) is 2.43. The number of rotatable bonds is 3. The molecular formula is C14H9ClO2. The average Bonchev–Trinajstić information content (AvgIpc) is 2.39. The van der Waals surface area contributed by atoms with Crippen LogP contribution in [0.25, 0.3) is 11.1 Å². The van der Waals surface area contributed by atoms with E-state index in [9.17, 15) is 9.59 Å². The van der Waals surface area contributed by atoms with E-state index in [4.69, 9.17) is 11.6 Å². The van der Waals surface area contributed by atoms with Crippen molar-refractivity contribution in [2.45, 2.75) is 0 Å². The van der Waals surface area contributed by atoms with E-state index in [0.717, 1.165) is 23.7 Å². The fraction of sp³-hybridized carbons (Fsp3) is 0. The van der Waals surface area contributed by atoms with Gasteiger partial charge < -0.3 is 0 Å². The zero-order chi connectivity index (χ0) is 12.3. The normalized spacial score (nSPS) is 9.94. The quantitative estimate of drug-likeness (QED) is 0.773. The summed E-state index contributed by atoms with van der Waals surface area (Å²) < 4.78 is 0. The van der Waals surface area contributed by atoms with Crippen LogP contribution in [-0.2, 0) is 0 Å². The minimum Gasteiger partial charge on any atom is -0.298 e. The van der Waals surface area contributed by atoms with Gasteiger partial charge >= 0.3 is 0 Å². The van der Waals surface area contributed by atoms with Crippen molar-refractivity contribution < 1.29 is 9.59 Å². The molecule has 0 saturated heterocycles. The molecule has 2 aromatic carbocycles. The maximum absolute atomic E-state index is 10.6. The first-order chi connectivity index (χ1) is 8.24. The second kappa shape index (κ2) is 4.93. The van der Waals surface area contributed by atoms with Gasteiger partial charge in [0, 0.05) is 11.1 Å². The highest BCUT2D eigenvalue weighted by Gasteiger charge is 2.03. The van der Waals surface area contributed by atoms with Gasteiger partial charge in [-0.25, -0.2) is 0 Å². The molecule has 17 heavy (non-hydrogen) atoms. The standard InChI is InChI=1S/C14H9ClO2/c15-14-7-12(5-6-13(14)9-17)11-3-1-10(8-16)2-4-11/h1-9H. The molecule has 0 aliphatic rings. The number of benzene rings is 2. The highest BCUT2D eigenvalue weighted by atomic mass is 35.5. The number of aldehydes is 2. The Morgan fingerprint density at radius 3 is 2.00 bits per heavy atom. The molecule has 0 amide bonds. The Kier molecular flexibility index (Phi) is 3.35. The molecule has 3 heteroatoms. The summed E-state index contributed by atoms with van der Waals surface area (Å²) in [6.45, 7) is 0. The van der Waals surface area contributed by atoms with Crippen molar-refractivity contribution in [3.8, 4) is 11.1 Å². The molecular weight excluding hydrogens is 236 g/mol. The summed E-state index contributed by atoms with van der Waals surface area (Å²) in [6.07, 6.45) is 1.52. The van der Waals surface area contributed by atoms with E-state index < -0.39 is 0 Å². The van der Waals surface area contributed by atoms with E-state index in [1.807, 2.05) is 18.2 Å². The first-order valence-electron chi connectivity index (χ1n) is 5.05. The fourth-order valence-electron chi connectivity index (χ4n) is 1.56. The van der Waals surface area contributed by atoms with Gasteiger partial charge in [-0.2, -0.15) is 0 Å². The van der Waals surface area contributed by atoms with E-state index in [1.54, 1.807) is 24.3 Å². The van der Waals surface area contributed by atoms with Crippen LogP contribution in [-0.4, -0.2) is 12.6 Å². The Labute approximate surface area is 104 Å². The minimum atomic E-state index is 0.428. The summed E-state index contributed by atoms with van der Waals surface area (Å²) in [5, 5.41) is 0.428. The highest BCUT2D eigenvalue weighted by molar-refractivity contribution is 6.33. The molecule has 0 heterocycles. The Morgan fingerprint density at radius 2 is 1.47 bits per heavy atom. The zero-order valence-corrected chi connectivity index (χ0v) is 9.65. The molecule has 2 aromatic rings. The summed E-state index contributed by atoms with van der Waals surface area (Å²) in [5.74, 6) is 0. The Hall–Kier alpha value is -1.93. The van der Waals surface area contributed by atoms with E-state index >= 15 is 0 Å². The predicted molar refractivity (Wildman–Crippen MR) is 67.7 cm³/mol. The second-order valence-corrected chi connectivity index (χ2v) is 4.00. The van der Waals surface area contributed by atoms with Crippen LogP contribution >= 0.6 is 11.6 Å². The van der Waals surface area contributed by atoms with Crippen molar-refractivity contribution in [2.75, 3.05) is 0 Å². The van der Waals surface area contributed by atoms with E-state index in [0.29, 0.717) is 16.1 Å². The molecule has 2 rings (SSSR count). The van der Waals surface area contributed by atoms with E-state index in [-0.39, 0.29) is 0 Å². The smallest absolute Gasteiger partial charge is 0.151 e. The Morgan fingerprint density at radius 1 is 0.824 bits per heavy atom. The van der Waals surface area contributed by atoms with Gasteiger partial charge in [-0.05, 0) is 23.3 Å². The van der Waals surface area contributed by atoms with Crippen LogP contribution in [0.1, 0.15) is 20.7 Å². The number of halogens is 1. The van der Waals surface area contributed by atoms with Crippen LogP contribution < -0.4 is 0 Å². The first-order valence-corrected chi connectivity index (χ1v) is 5.43. The average molecular weight is 245 g/mol. The zero-order valence-electron chi connectivity index (χ0n) is 8.89. The topological polar surface area (TPSA) is 34.1 Å². The third-order valence-corrected chi connectivity index (χ3v) is 2.83. The van der Waals surface area contributed by atoms with Crippen molar-refractivity contribution in [1.82, 2.24) is 0 Å². The summed E-state index contributed by atoms with van der Waals surface area (Å²) >= 11 is 5.95. The van der Waals surface area contributed by atoms with Crippen molar-refractivity contribution in [3.05, 3.63) is 58.6 Å². The highest BCUT2D eigenvalue weighted by Crippen LogP contribution is 2.25. The van der Waals surface area contributed by atoms with Gasteiger partial charge in [-0.1, -0.05) is 41.9 Å². The maximum atomic E-state index is 10.6. The van der Waals surface area contributed by atoms with Crippen LogP contribution in [0.15, 0.2) is 42.5 Å². The molecule has 0 bridgehead atoms. The summed E-state index contributed by atoms with van der Waals surface area (Å²) in [5.41, 5.74) is 2.97. The SMILES string of the molecule is O=Cc1ccc(-c2ccc(C=O)c(Cl)c2)cc1. The molecule has 84 valence electrons. The van der Waals surface area contributed by atoms with Gasteiger partial charge in [-0.15, -0.1) is 0 Å². The summed E-state index contributed by atoms with van der Waals surface area (Å²) in [7, 11) is 0. The van der Waals surface area contributed by atoms with Crippen molar-refractivity contribution >= 4 is 24.2 Å². The van der Waals surface area contributed by atoms with E-state index in [1.165, 1.54) is 0 Å². The second-order valence-electron chi connectivity index (χ2n) is 3.59. The van der Waals surface area contributed by atoms with Gasteiger partial charge in [-0.3, -0.25) is 9.59 Å². The van der Waals surface area contributed by atoms with Crippen LogP contribution in [0, 0.1) is 0 Å². The number of hydrogen-bond donors (Lipinski definition) is 0. The van der Waals surface area contributed by atoms with Gasteiger partial charge in [0.1, 0.15) is 6.29 Å². The van der Waals surface area contributed by atoms with Crippen LogP contribution in [0.2, 0.25) is 5.02 Å². The molecule has 0 fully saturated rings. The molecule has 0 aliphatic heterocycles. The van der Waals surface area contributed by atoms with Crippen LogP contribution in [0.3, 0.4) is 0 Å². The maximum Gasteiger partial charge on any atom is 0.151 e. The molecule has 0 unspecified atom stereocenters. The lowest BCUT2D eigenvalue weighted by atomic mass is 10.0. The molecule has 2 nitrogen and oxygen atoms in total. The number of hydrogen-bond acceptors (Lipinski definition) is 2. The lowest BCUT2D eigenvalue weighted by Crippen LogP contribution is -1.85. The summed E-state index contributed by atoms with van der Waals surface area (Å²) in [4.78, 5) is 21.2. The van der Waals surface area contributed by atoms with Crippen molar-refractivity contribution in [1.29, 1.82) is 0 Å². The molecule has 0 spiro atoms. The van der Waals surface area contributed by atoms with Gasteiger partial charge in [0.05, 0.1) is 5.02 Å². The molecule has 0 aliphatic carbocycles. The lowest BCUT2D eigenvalue weighted by Gasteiger charge is -2.04. The van der Waals surface area contributed by atoms with Gasteiger partial charge in [0.25, 0.3) is 0 Å². The first kappa shape index (κ1) is 11.6. The molecule has 0 aromatic heterocycles. The molecule has 0 radical (unpaired) electrons. The molecule has 0 saturated carbocycles. The summed E-state index contributed by atoms with van der Waals surface area (Å²) in [6, 6.07) is 12.4. The molecule has 0 atom stereocenters. The monoisotopic (exact) mass is 244 g/mol. The van der Waals surface area contributed by atoms with Crippen LogP contribution in [0.5, 0.6) is 0 Å². The predicted octanol–water partition coefficient (Wildman–Crippen LogP) is 3.63. The van der Waals surface area contributed by atoms with E-state index in [2.05, 4.69) is 0 Å². The van der Waals surface area contributed by atoms with Crippen LogP contribution in [0.4, 0.5) is 0 Å². The van der Waals surface area contributed by atoms with Gasteiger partial charge in [0.2, 0.25) is 0 Å². The Bertz CT molecular complexity index is 559. The minimum absolute atomic E-state index is 0.428. The van der Waals surface area contributed by atoms with Crippen molar-refractivity contribution in [2.24, 2.45) is 0 Å². The lowest BCUT2D eigenvalue weighted by molar-refractivity contribution is 0.111.